The Morgan fingerprint density at radius 2 is 1.93 bits per heavy atom. The average Bonchev–Trinajstić information content (AvgIpc) is 2.07. The number of carbonyl (C=O) groups excluding carboxylic acids is 2. The van der Waals surface area contributed by atoms with E-state index in [-0.39, 0.29) is 18.8 Å². The molecule has 0 bridgehead atoms. The molecule has 0 saturated carbocycles. The largest absolute Gasteiger partial charge is 0.461 e. The third-order valence-corrected chi connectivity index (χ3v) is 1.59. The molecule has 0 aliphatic heterocycles. The highest BCUT2D eigenvalue weighted by Gasteiger charge is 2.21. The van der Waals surface area contributed by atoms with Crippen LogP contribution in [-0.2, 0) is 14.3 Å². The van der Waals surface area contributed by atoms with Crippen LogP contribution in [0.1, 0.15) is 19.8 Å². The van der Waals surface area contributed by atoms with Crippen molar-refractivity contribution < 1.29 is 14.3 Å². The molecule has 0 spiro atoms. The minimum atomic E-state index is -1.58. The van der Waals surface area contributed by atoms with Crippen molar-refractivity contribution in [2.24, 2.45) is 0 Å². The summed E-state index contributed by atoms with van der Waals surface area (Å²) in [6, 6.07) is 0. The van der Waals surface area contributed by atoms with Crippen LogP contribution in [0.4, 0.5) is 0 Å². The molecular weight excluding hydrogens is 262 g/mol. The summed E-state index contributed by atoms with van der Waals surface area (Å²) >= 11 is 16.1. The number of ketones is 1. The predicted octanol–water partition coefficient (Wildman–Crippen LogP) is 2.83. The van der Waals surface area contributed by atoms with Gasteiger partial charge in [0, 0.05) is 6.42 Å². The van der Waals surface area contributed by atoms with E-state index in [1.165, 1.54) is 13.0 Å². The van der Waals surface area contributed by atoms with Crippen molar-refractivity contribution in [1.29, 1.82) is 0 Å². The highest BCUT2D eigenvalue weighted by molar-refractivity contribution is 6.67. The van der Waals surface area contributed by atoms with Crippen LogP contribution in [0.15, 0.2) is 12.2 Å². The first-order valence-electron chi connectivity index (χ1n) is 4.21. The van der Waals surface area contributed by atoms with Crippen LogP contribution in [0.3, 0.4) is 0 Å². The molecule has 6 heteroatoms. The Morgan fingerprint density at radius 3 is 2.40 bits per heavy atom. The second-order valence-corrected chi connectivity index (χ2v) is 5.34. The minimum absolute atomic E-state index is 0.0651. The van der Waals surface area contributed by atoms with Gasteiger partial charge >= 0.3 is 5.97 Å². The number of allylic oxidation sites excluding steroid dienone is 2. The van der Waals surface area contributed by atoms with E-state index in [1.54, 1.807) is 6.08 Å². The molecule has 86 valence electrons. The van der Waals surface area contributed by atoms with Crippen LogP contribution in [0.2, 0.25) is 0 Å². The average molecular weight is 274 g/mol. The van der Waals surface area contributed by atoms with Gasteiger partial charge in [0.05, 0.1) is 0 Å². The van der Waals surface area contributed by atoms with Crippen LogP contribution < -0.4 is 0 Å². The third kappa shape index (κ3) is 11.7. The molecule has 0 aromatic carbocycles. The lowest BCUT2D eigenvalue weighted by Gasteiger charge is -2.10. The van der Waals surface area contributed by atoms with E-state index < -0.39 is 9.76 Å². The molecule has 0 heterocycles. The highest BCUT2D eigenvalue weighted by atomic mass is 35.6. The van der Waals surface area contributed by atoms with Gasteiger partial charge in [0.25, 0.3) is 0 Å². The molecule has 0 rings (SSSR count). The zero-order chi connectivity index (χ0) is 11.9. The Kier molecular flexibility index (Phi) is 6.98. The van der Waals surface area contributed by atoms with Crippen LogP contribution >= 0.6 is 34.8 Å². The summed E-state index contributed by atoms with van der Waals surface area (Å²) in [5.41, 5.74) is 0. The van der Waals surface area contributed by atoms with E-state index in [9.17, 15) is 9.59 Å². The number of alkyl halides is 3. The Hall–Kier alpha value is -0.250. The van der Waals surface area contributed by atoms with Gasteiger partial charge < -0.3 is 4.74 Å². The summed E-state index contributed by atoms with van der Waals surface area (Å²) in [5.74, 6) is -0.529. The Morgan fingerprint density at radius 1 is 1.33 bits per heavy atom. The van der Waals surface area contributed by atoms with Crippen molar-refractivity contribution in [3.05, 3.63) is 12.2 Å². The van der Waals surface area contributed by atoms with Crippen molar-refractivity contribution in [3.63, 3.8) is 0 Å². The van der Waals surface area contributed by atoms with Crippen molar-refractivity contribution in [2.45, 2.75) is 23.6 Å². The lowest BCUT2D eigenvalue weighted by atomic mass is 10.2. The van der Waals surface area contributed by atoms with Crippen molar-refractivity contribution in [2.75, 3.05) is 6.61 Å². The molecule has 0 atom stereocenters. The van der Waals surface area contributed by atoms with Gasteiger partial charge in [-0.05, 0) is 19.4 Å². The fourth-order valence-corrected chi connectivity index (χ4v) is 0.849. The molecule has 0 radical (unpaired) electrons. The first-order chi connectivity index (χ1) is 6.81. The summed E-state index contributed by atoms with van der Waals surface area (Å²) < 4.78 is 3.08. The quantitative estimate of drug-likeness (QED) is 0.439. The first-order valence-corrected chi connectivity index (χ1v) is 5.34. The lowest BCUT2D eigenvalue weighted by Crippen LogP contribution is -2.16. The second kappa shape index (κ2) is 7.09. The van der Waals surface area contributed by atoms with E-state index in [1.807, 2.05) is 0 Å². The number of hydrogen-bond donors (Lipinski definition) is 0. The number of rotatable bonds is 5. The molecule has 0 fully saturated rings. The van der Waals surface area contributed by atoms with Gasteiger partial charge in [-0.2, -0.15) is 0 Å². The summed E-state index contributed by atoms with van der Waals surface area (Å²) in [5, 5.41) is 0. The highest BCUT2D eigenvalue weighted by Crippen LogP contribution is 2.26. The van der Waals surface area contributed by atoms with E-state index in [0.29, 0.717) is 6.42 Å². The second-order valence-electron chi connectivity index (χ2n) is 2.83. The third-order valence-electron chi connectivity index (χ3n) is 1.26. The zero-order valence-corrected chi connectivity index (χ0v) is 10.4. The van der Waals surface area contributed by atoms with Gasteiger partial charge in [0.15, 0.2) is 5.78 Å². The van der Waals surface area contributed by atoms with Crippen LogP contribution in [-0.4, -0.2) is 22.2 Å². The number of halogens is 3. The molecule has 0 aromatic heterocycles. The number of carbonyl (C=O) groups is 2. The number of hydrogen-bond acceptors (Lipinski definition) is 3. The fourth-order valence-electron chi connectivity index (χ4n) is 0.685. The smallest absolute Gasteiger partial charge is 0.306 e. The zero-order valence-electron chi connectivity index (χ0n) is 8.13. The predicted molar refractivity (Wildman–Crippen MR) is 60.3 cm³/mol. The molecular formula is C9H11Cl3O3. The molecule has 0 aromatic rings. The van der Waals surface area contributed by atoms with Gasteiger partial charge in [-0.3, -0.25) is 9.59 Å². The summed E-state index contributed by atoms with van der Waals surface area (Å²) in [4.78, 5) is 21.5. The van der Waals surface area contributed by atoms with E-state index >= 15 is 0 Å². The fraction of sp³-hybridized carbons (Fsp3) is 0.556. The summed E-state index contributed by atoms with van der Waals surface area (Å²) in [7, 11) is 0. The van der Waals surface area contributed by atoms with Gasteiger partial charge in [-0.25, -0.2) is 0 Å². The molecule has 0 amide bonds. The number of esters is 1. The Bertz CT molecular complexity index is 256. The Labute approximate surface area is 103 Å². The van der Waals surface area contributed by atoms with Crippen LogP contribution in [0.25, 0.3) is 0 Å². The SMILES string of the molecule is CC(=O)/C=C/CCC(=O)OCC(Cl)(Cl)Cl. The van der Waals surface area contributed by atoms with Gasteiger partial charge in [-0.15, -0.1) is 0 Å². The van der Waals surface area contributed by atoms with Crippen LogP contribution in [0.5, 0.6) is 0 Å². The topological polar surface area (TPSA) is 43.4 Å². The maximum absolute atomic E-state index is 11.0. The van der Waals surface area contributed by atoms with E-state index in [0.717, 1.165) is 0 Å². The first kappa shape index (κ1) is 14.8. The molecule has 3 nitrogen and oxygen atoms in total. The summed E-state index contributed by atoms with van der Waals surface area (Å²) in [6.45, 7) is 1.16. The normalized spacial score (nSPS) is 11.7. The van der Waals surface area contributed by atoms with Crippen molar-refractivity contribution in [3.8, 4) is 0 Å². The minimum Gasteiger partial charge on any atom is -0.461 e. The molecule has 0 unspecified atom stereocenters. The molecule has 15 heavy (non-hydrogen) atoms. The van der Waals surface area contributed by atoms with Crippen molar-refractivity contribution in [1.82, 2.24) is 0 Å². The van der Waals surface area contributed by atoms with Crippen molar-refractivity contribution >= 4 is 46.6 Å². The van der Waals surface area contributed by atoms with Gasteiger partial charge in [0.2, 0.25) is 3.79 Å². The number of ether oxygens (including phenoxy) is 1. The Balaban J connectivity index is 3.63. The molecule has 0 saturated heterocycles. The molecule has 0 aliphatic rings. The standard InChI is InChI=1S/C9H11Cl3O3/c1-7(13)4-2-3-5-8(14)15-6-9(10,11)12/h2,4H,3,5-6H2,1H3/b4-2+. The lowest BCUT2D eigenvalue weighted by molar-refractivity contribution is -0.143. The van der Waals surface area contributed by atoms with Crippen LogP contribution in [0, 0.1) is 0 Å². The summed E-state index contributed by atoms with van der Waals surface area (Å²) in [6.07, 6.45) is 3.57. The molecule has 0 aliphatic carbocycles. The van der Waals surface area contributed by atoms with E-state index in [4.69, 9.17) is 34.8 Å². The van der Waals surface area contributed by atoms with E-state index in [2.05, 4.69) is 4.74 Å². The maximum atomic E-state index is 11.0. The monoisotopic (exact) mass is 272 g/mol. The van der Waals surface area contributed by atoms with Gasteiger partial charge in [-0.1, -0.05) is 40.9 Å². The maximum Gasteiger partial charge on any atom is 0.306 e. The van der Waals surface area contributed by atoms with Gasteiger partial charge in [0.1, 0.15) is 6.61 Å². The molecule has 0 N–H and O–H groups in total.